The van der Waals surface area contributed by atoms with Gasteiger partial charge in [0.25, 0.3) is 0 Å². The molecule has 1 aromatic carbocycles. The molecule has 7 heteroatoms. The van der Waals surface area contributed by atoms with Crippen molar-refractivity contribution in [2.45, 2.75) is 65.7 Å². The number of ether oxygens (including phenoxy) is 1. The van der Waals surface area contributed by atoms with E-state index in [1.165, 1.54) is 32.1 Å². The number of anilines is 1. The van der Waals surface area contributed by atoms with Gasteiger partial charge < -0.3 is 10.1 Å². The minimum Gasteiger partial charge on any atom is -0.439 e. The number of hydrogen-bond donors (Lipinski definition) is 1. The van der Waals surface area contributed by atoms with Crippen molar-refractivity contribution in [2.75, 3.05) is 5.32 Å². The van der Waals surface area contributed by atoms with Crippen molar-refractivity contribution >= 4 is 11.6 Å². The zero-order chi connectivity index (χ0) is 22.5. The van der Waals surface area contributed by atoms with E-state index >= 15 is 0 Å². The molecule has 0 spiro atoms. The number of imidazole rings is 1. The maximum Gasteiger partial charge on any atom is 0.224 e. The van der Waals surface area contributed by atoms with Crippen molar-refractivity contribution in [1.82, 2.24) is 19.5 Å². The van der Waals surface area contributed by atoms with E-state index in [0.717, 1.165) is 23.5 Å². The Hall–Kier alpha value is -3.22. The summed E-state index contributed by atoms with van der Waals surface area (Å²) in [5, 5.41) is 2.99. The van der Waals surface area contributed by atoms with E-state index in [1.807, 2.05) is 49.6 Å². The minimum atomic E-state index is 0.0753. The van der Waals surface area contributed by atoms with E-state index in [4.69, 9.17) is 4.74 Å². The van der Waals surface area contributed by atoms with Crippen LogP contribution in [0.4, 0.5) is 5.69 Å². The van der Waals surface area contributed by atoms with Gasteiger partial charge in [-0.1, -0.05) is 32.1 Å². The molecule has 1 fully saturated rings. The first-order chi connectivity index (χ1) is 15.5. The fourth-order valence-electron chi connectivity index (χ4n) is 4.19. The van der Waals surface area contributed by atoms with E-state index in [0.29, 0.717) is 35.6 Å². The van der Waals surface area contributed by atoms with Gasteiger partial charge in [-0.25, -0.2) is 9.97 Å². The second-order valence-electron chi connectivity index (χ2n) is 8.61. The minimum absolute atomic E-state index is 0.0753. The maximum atomic E-state index is 12.3. The van der Waals surface area contributed by atoms with Gasteiger partial charge in [-0.3, -0.25) is 9.36 Å². The first-order valence-electron chi connectivity index (χ1n) is 11.4. The Kier molecular flexibility index (Phi) is 6.83. The fraction of sp³-hybridized carbons (Fsp3) is 0.440. The van der Waals surface area contributed by atoms with Gasteiger partial charge in [0.1, 0.15) is 23.7 Å². The van der Waals surface area contributed by atoms with Crippen molar-refractivity contribution in [1.29, 1.82) is 0 Å². The van der Waals surface area contributed by atoms with Gasteiger partial charge in [-0.05, 0) is 57.4 Å². The van der Waals surface area contributed by atoms with E-state index < -0.39 is 0 Å². The Bertz CT molecular complexity index is 1070. The lowest BCUT2D eigenvalue weighted by molar-refractivity contribution is -0.116. The third-order valence-electron chi connectivity index (χ3n) is 6.16. The maximum absolute atomic E-state index is 12.3. The number of carbonyl (C=O) groups is 1. The molecule has 4 rings (SSSR count). The standard InChI is InChI=1S/C25H31N5O2/c1-17-18(2)30(16-26-17)23-15-25(28-19(3)27-23)32-22-12-10-21(11-13-22)29-24(31)14-9-20-7-5-4-6-8-20/h10-13,15-16,20H,4-9,14H2,1-3H3,(H,29,31). The smallest absolute Gasteiger partial charge is 0.224 e. The van der Waals surface area contributed by atoms with Crippen LogP contribution in [0.1, 0.15) is 62.2 Å². The van der Waals surface area contributed by atoms with Gasteiger partial charge in [-0.2, -0.15) is 4.98 Å². The zero-order valence-electron chi connectivity index (χ0n) is 19.1. The highest BCUT2D eigenvalue weighted by Crippen LogP contribution is 2.28. The third-order valence-corrected chi connectivity index (χ3v) is 6.16. The van der Waals surface area contributed by atoms with Crippen molar-refractivity contribution < 1.29 is 9.53 Å². The molecule has 1 saturated carbocycles. The lowest BCUT2D eigenvalue weighted by Gasteiger charge is -2.21. The normalized spacial score (nSPS) is 14.3. The number of nitrogens with zero attached hydrogens (tertiary/aromatic N) is 4. The van der Waals surface area contributed by atoms with Crippen LogP contribution in [0.25, 0.3) is 5.82 Å². The molecule has 168 valence electrons. The predicted octanol–water partition coefficient (Wildman–Crippen LogP) is 5.68. The fourth-order valence-corrected chi connectivity index (χ4v) is 4.19. The number of aromatic nitrogens is 4. The first kappa shape index (κ1) is 22.0. The van der Waals surface area contributed by atoms with Crippen LogP contribution in [0, 0.1) is 26.7 Å². The summed E-state index contributed by atoms with van der Waals surface area (Å²) in [7, 11) is 0. The van der Waals surface area contributed by atoms with Crippen LogP contribution in [0.2, 0.25) is 0 Å². The molecule has 0 saturated heterocycles. The predicted molar refractivity (Wildman–Crippen MR) is 124 cm³/mol. The van der Waals surface area contributed by atoms with Crippen LogP contribution in [-0.4, -0.2) is 25.4 Å². The van der Waals surface area contributed by atoms with Crippen molar-refractivity contribution in [3.05, 3.63) is 53.9 Å². The summed E-state index contributed by atoms with van der Waals surface area (Å²) in [6.07, 6.45) is 9.81. The van der Waals surface area contributed by atoms with Gasteiger partial charge in [0.05, 0.1) is 5.69 Å². The lowest BCUT2D eigenvalue weighted by atomic mass is 9.86. The van der Waals surface area contributed by atoms with Crippen molar-refractivity contribution in [3.63, 3.8) is 0 Å². The Balaban J connectivity index is 1.36. The molecule has 1 amide bonds. The second-order valence-corrected chi connectivity index (χ2v) is 8.61. The summed E-state index contributed by atoms with van der Waals surface area (Å²) in [5.74, 6) is 3.22. The molecule has 32 heavy (non-hydrogen) atoms. The molecule has 0 unspecified atom stereocenters. The summed E-state index contributed by atoms with van der Waals surface area (Å²) >= 11 is 0. The number of carbonyl (C=O) groups excluding carboxylic acids is 1. The van der Waals surface area contributed by atoms with Gasteiger partial charge in [-0.15, -0.1) is 0 Å². The number of rotatable bonds is 7. The SMILES string of the molecule is Cc1nc(Oc2ccc(NC(=O)CCC3CCCCC3)cc2)cc(-n2cnc(C)c2C)n1. The molecule has 0 aliphatic heterocycles. The van der Waals surface area contributed by atoms with E-state index in [-0.39, 0.29) is 5.91 Å². The van der Waals surface area contributed by atoms with E-state index in [9.17, 15) is 4.79 Å². The van der Waals surface area contributed by atoms with Crippen LogP contribution in [0.15, 0.2) is 36.7 Å². The molecule has 0 radical (unpaired) electrons. The molecular weight excluding hydrogens is 402 g/mol. The van der Waals surface area contributed by atoms with Gasteiger partial charge in [0.2, 0.25) is 11.8 Å². The van der Waals surface area contributed by atoms with Crippen molar-refractivity contribution in [2.24, 2.45) is 5.92 Å². The van der Waals surface area contributed by atoms with Crippen LogP contribution in [0.5, 0.6) is 11.6 Å². The quantitative estimate of drug-likeness (QED) is 0.518. The van der Waals surface area contributed by atoms with Gasteiger partial charge in [0.15, 0.2) is 0 Å². The number of nitrogens with one attached hydrogen (secondary N) is 1. The number of amides is 1. The summed E-state index contributed by atoms with van der Waals surface area (Å²) < 4.78 is 7.88. The Labute approximate surface area is 189 Å². The van der Waals surface area contributed by atoms with E-state index in [2.05, 4.69) is 20.3 Å². The summed E-state index contributed by atoms with van der Waals surface area (Å²) in [5.41, 5.74) is 2.76. The second kappa shape index (κ2) is 9.94. The number of aryl methyl sites for hydroxylation is 2. The molecule has 2 heterocycles. The molecule has 1 N–H and O–H groups in total. The van der Waals surface area contributed by atoms with Crippen molar-refractivity contribution in [3.8, 4) is 17.4 Å². The van der Waals surface area contributed by atoms with Crippen LogP contribution < -0.4 is 10.1 Å². The zero-order valence-corrected chi connectivity index (χ0v) is 19.1. The molecular formula is C25H31N5O2. The Morgan fingerprint density at radius 2 is 1.84 bits per heavy atom. The largest absolute Gasteiger partial charge is 0.439 e. The van der Waals surface area contributed by atoms with Gasteiger partial charge in [0, 0.05) is 23.9 Å². The Morgan fingerprint density at radius 1 is 1.09 bits per heavy atom. The number of benzene rings is 1. The molecule has 2 aromatic heterocycles. The average molecular weight is 434 g/mol. The summed E-state index contributed by atoms with van der Waals surface area (Å²) in [4.78, 5) is 25.5. The molecule has 3 aromatic rings. The average Bonchev–Trinajstić information content (AvgIpc) is 3.12. The molecule has 0 bridgehead atoms. The Morgan fingerprint density at radius 3 is 2.53 bits per heavy atom. The molecule has 1 aliphatic rings. The molecule has 7 nitrogen and oxygen atoms in total. The first-order valence-corrected chi connectivity index (χ1v) is 11.4. The monoisotopic (exact) mass is 433 g/mol. The topological polar surface area (TPSA) is 81.9 Å². The van der Waals surface area contributed by atoms with Crippen LogP contribution in [0.3, 0.4) is 0 Å². The highest BCUT2D eigenvalue weighted by Gasteiger charge is 2.15. The molecule has 0 atom stereocenters. The van der Waals surface area contributed by atoms with Crippen LogP contribution in [-0.2, 0) is 4.79 Å². The lowest BCUT2D eigenvalue weighted by Crippen LogP contribution is -2.14. The molecule has 1 aliphatic carbocycles. The van der Waals surface area contributed by atoms with Crippen LogP contribution >= 0.6 is 0 Å². The van der Waals surface area contributed by atoms with Gasteiger partial charge >= 0.3 is 0 Å². The highest BCUT2D eigenvalue weighted by molar-refractivity contribution is 5.90. The third kappa shape index (κ3) is 5.52. The van der Waals surface area contributed by atoms with E-state index in [1.54, 1.807) is 12.4 Å². The highest BCUT2D eigenvalue weighted by atomic mass is 16.5. The summed E-state index contributed by atoms with van der Waals surface area (Å²) in [6.45, 7) is 5.80. The summed E-state index contributed by atoms with van der Waals surface area (Å²) in [6, 6.07) is 9.17. The number of hydrogen-bond acceptors (Lipinski definition) is 5.